The second-order valence-corrected chi connectivity index (χ2v) is 5.94. The summed E-state index contributed by atoms with van der Waals surface area (Å²) >= 11 is 0. The summed E-state index contributed by atoms with van der Waals surface area (Å²) in [6.45, 7) is 7.61. The minimum Gasteiger partial charge on any atom is -0.370 e. The molecule has 1 heterocycles. The van der Waals surface area contributed by atoms with E-state index in [9.17, 15) is 9.59 Å². The Morgan fingerprint density at radius 3 is 2.36 bits per heavy atom. The number of hydrogen-bond acceptors (Lipinski definition) is 3. The molecule has 6 heteroatoms. The minimum absolute atomic E-state index is 0.163. The molecular formula is C19H22N4O2. The summed E-state index contributed by atoms with van der Waals surface area (Å²) in [6.07, 6.45) is 0. The fraction of sp³-hybridized carbons (Fsp3) is 0.263. The van der Waals surface area contributed by atoms with Crippen molar-refractivity contribution in [2.24, 2.45) is 0 Å². The van der Waals surface area contributed by atoms with E-state index in [0.29, 0.717) is 16.8 Å². The summed E-state index contributed by atoms with van der Waals surface area (Å²) in [5.41, 5.74) is 4.25. The van der Waals surface area contributed by atoms with Crippen LogP contribution in [0.15, 0.2) is 41.2 Å². The molecule has 0 aliphatic rings. The lowest BCUT2D eigenvalue weighted by Gasteiger charge is -2.24. The average molecular weight is 338 g/mol. The third-order valence-electron chi connectivity index (χ3n) is 4.37. The van der Waals surface area contributed by atoms with Crippen LogP contribution in [0.4, 0.5) is 11.4 Å². The zero-order valence-corrected chi connectivity index (χ0v) is 14.6. The van der Waals surface area contributed by atoms with Crippen molar-refractivity contribution in [3.63, 3.8) is 0 Å². The van der Waals surface area contributed by atoms with Gasteiger partial charge in [0.15, 0.2) is 0 Å². The number of rotatable bonds is 5. The lowest BCUT2D eigenvalue weighted by molar-refractivity contribution is 0.102. The highest BCUT2D eigenvalue weighted by Gasteiger charge is 2.16. The van der Waals surface area contributed by atoms with Gasteiger partial charge in [-0.3, -0.25) is 4.79 Å². The van der Waals surface area contributed by atoms with Gasteiger partial charge >= 0.3 is 5.69 Å². The van der Waals surface area contributed by atoms with Gasteiger partial charge in [0.05, 0.1) is 22.4 Å². The molecule has 0 atom stereocenters. The van der Waals surface area contributed by atoms with Gasteiger partial charge in [-0.25, -0.2) is 4.79 Å². The highest BCUT2D eigenvalue weighted by molar-refractivity contribution is 6.08. The number of hydrogen-bond donors (Lipinski definition) is 3. The summed E-state index contributed by atoms with van der Waals surface area (Å²) in [5.74, 6) is -0.163. The zero-order chi connectivity index (χ0) is 18.0. The maximum atomic E-state index is 12.7. The second-order valence-electron chi connectivity index (χ2n) is 5.94. The van der Waals surface area contributed by atoms with E-state index < -0.39 is 0 Å². The maximum Gasteiger partial charge on any atom is 0.323 e. The van der Waals surface area contributed by atoms with E-state index in [1.807, 2.05) is 31.2 Å². The first-order chi connectivity index (χ1) is 12.0. The highest BCUT2D eigenvalue weighted by Crippen LogP contribution is 2.30. The lowest BCUT2D eigenvalue weighted by atomic mass is 10.1. The number of aromatic amines is 2. The molecule has 0 radical (unpaired) electrons. The first-order valence-corrected chi connectivity index (χ1v) is 8.41. The number of imidazole rings is 1. The predicted octanol–water partition coefficient (Wildman–Crippen LogP) is 3.26. The number of anilines is 2. The van der Waals surface area contributed by atoms with Crippen LogP contribution in [-0.4, -0.2) is 29.0 Å². The Morgan fingerprint density at radius 2 is 1.72 bits per heavy atom. The van der Waals surface area contributed by atoms with Crippen molar-refractivity contribution < 1.29 is 4.79 Å². The van der Waals surface area contributed by atoms with Crippen molar-refractivity contribution in [3.8, 4) is 0 Å². The molecule has 0 aliphatic heterocycles. The molecule has 25 heavy (non-hydrogen) atoms. The van der Waals surface area contributed by atoms with Crippen molar-refractivity contribution in [1.29, 1.82) is 0 Å². The van der Waals surface area contributed by atoms with Crippen LogP contribution >= 0.6 is 0 Å². The molecule has 3 rings (SSSR count). The predicted molar refractivity (Wildman–Crippen MR) is 102 cm³/mol. The number of carbonyl (C=O) groups is 1. The largest absolute Gasteiger partial charge is 0.370 e. The van der Waals surface area contributed by atoms with Gasteiger partial charge in [0.2, 0.25) is 0 Å². The van der Waals surface area contributed by atoms with E-state index in [1.54, 1.807) is 12.1 Å². The summed E-state index contributed by atoms with van der Waals surface area (Å²) in [5, 5.41) is 3.00. The van der Waals surface area contributed by atoms with Crippen LogP contribution in [0.3, 0.4) is 0 Å². The van der Waals surface area contributed by atoms with Gasteiger partial charge < -0.3 is 20.2 Å². The Morgan fingerprint density at radius 1 is 1.08 bits per heavy atom. The van der Waals surface area contributed by atoms with Crippen LogP contribution in [0, 0.1) is 6.92 Å². The molecule has 0 saturated heterocycles. The van der Waals surface area contributed by atoms with E-state index in [2.05, 4.69) is 34.0 Å². The molecule has 0 aliphatic carbocycles. The van der Waals surface area contributed by atoms with Crippen molar-refractivity contribution in [3.05, 3.63) is 58.0 Å². The van der Waals surface area contributed by atoms with E-state index in [-0.39, 0.29) is 11.6 Å². The smallest absolute Gasteiger partial charge is 0.323 e. The third kappa shape index (κ3) is 3.28. The molecule has 3 aromatic rings. The molecule has 2 aromatic carbocycles. The number of aryl methyl sites for hydroxylation is 1. The SMILES string of the molecule is CCN(CC)c1cc2[nH]c(=O)[nH]c2cc1NC(=O)c1ccccc1C. The van der Waals surface area contributed by atoms with Crippen LogP contribution in [0.5, 0.6) is 0 Å². The number of H-pyrrole nitrogens is 2. The van der Waals surface area contributed by atoms with E-state index in [0.717, 1.165) is 29.9 Å². The summed E-state index contributed by atoms with van der Waals surface area (Å²) < 4.78 is 0. The van der Waals surface area contributed by atoms with Gasteiger partial charge in [-0.05, 0) is 44.5 Å². The van der Waals surface area contributed by atoms with Gasteiger partial charge in [-0.1, -0.05) is 18.2 Å². The van der Waals surface area contributed by atoms with Crippen molar-refractivity contribution in [1.82, 2.24) is 9.97 Å². The standard InChI is InChI=1S/C19H22N4O2/c1-4-23(5-2)17-11-15-14(21-19(25)22-15)10-16(17)20-18(24)13-9-7-6-8-12(13)3/h6-11H,4-5H2,1-3H3,(H,20,24)(H2,21,22,25). The topological polar surface area (TPSA) is 81.0 Å². The van der Waals surface area contributed by atoms with Gasteiger partial charge in [-0.2, -0.15) is 0 Å². The molecule has 1 aromatic heterocycles. The molecule has 0 spiro atoms. The molecule has 6 nitrogen and oxygen atoms in total. The van der Waals surface area contributed by atoms with E-state index in [4.69, 9.17) is 0 Å². The number of amides is 1. The van der Waals surface area contributed by atoms with E-state index >= 15 is 0 Å². The Labute approximate surface area is 145 Å². The Hall–Kier alpha value is -3.02. The summed E-state index contributed by atoms with van der Waals surface area (Å²) in [7, 11) is 0. The number of carbonyl (C=O) groups excluding carboxylic acids is 1. The minimum atomic E-state index is -0.261. The molecule has 130 valence electrons. The Kier molecular flexibility index (Phi) is 4.61. The quantitative estimate of drug-likeness (QED) is 0.668. The van der Waals surface area contributed by atoms with Gasteiger partial charge in [0.25, 0.3) is 5.91 Å². The van der Waals surface area contributed by atoms with Crippen LogP contribution < -0.4 is 15.9 Å². The molecule has 0 unspecified atom stereocenters. The average Bonchev–Trinajstić information content (AvgIpc) is 2.95. The van der Waals surface area contributed by atoms with Gasteiger partial charge in [0, 0.05) is 18.7 Å². The molecule has 0 bridgehead atoms. The Bertz CT molecular complexity index is 967. The van der Waals surface area contributed by atoms with Crippen LogP contribution in [0.1, 0.15) is 29.8 Å². The highest BCUT2D eigenvalue weighted by atomic mass is 16.2. The van der Waals surface area contributed by atoms with Crippen molar-refractivity contribution in [2.75, 3.05) is 23.3 Å². The molecule has 0 saturated carbocycles. The number of aromatic nitrogens is 2. The summed E-state index contributed by atoms with van der Waals surface area (Å²) in [4.78, 5) is 32.0. The van der Waals surface area contributed by atoms with Crippen LogP contribution in [-0.2, 0) is 0 Å². The molecule has 1 amide bonds. The van der Waals surface area contributed by atoms with Crippen LogP contribution in [0.2, 0.25) is 0 Å². The Balaban J connectivity index is 2.06. The number of fused-ring (bicyclic) bond motifs is 1. The van der Waals surface area contributed by atoms with Crippen molar-refractivity contribution in [2.45, 2.75) is 20.8 Å². The molecular weight excluding hydrogens is 316 g/mol. The maximum absolute atomic E-state index is 12.7. The summed E-state index contributed by atoms with van der Waals surface area (Å²) in [6, 6.07) is 11.2. The normalized spacial score (nSPS) is 10.8. The molecule has 3 N–H and O–H groups in total. The number of nitrogens with zero attached hydrogens (tertiary/aromatic N) is 1. The van der Waals surface area contributed by atoms with Crippen LogP contribution in [0.25, 0.3) is 11.0 Å². The third-order valence-corrected chi connectivity index (χ3v) is 4.37. The zero-order valence-electron chi connectivity index (χ0n) is 14.6. The number of nitrogens with one attached hydrogen (secondary N) is 3. The fourth-order valence-electron chi connectivity index (χ4n) is 3.01. The first-order valence-electron chi connectivity index (χ1n) is 8.41. The first kappa shape index (κ1) is 16.8. The van der Waals surface area contributed by atoms with E-state index in [1.165, 1.54) is 0 Å². The fourth-order valence-corrected chi connectivity index (χ4v) is 3.01. The monoisotopic (exact) mass is 338 g/mol. The van der Waals surface area contributed by atoms with Gasteiger partial charge in [0.1, 0.15) is 0 Å². The van der Waals surface area contributed by atoms with Gasteiger partial charge in [-0.15, -0.1) is 0 Å². The van der Waals surface area contributed by atoms with Crippen molar-refractivity contribution >= 4 is 28.3 Å². The molecule has 0 fully saturated rings. The lowest BCUT2D eigenvalue weighted by Crippen LogP contribution is -2.24. The number of benzene rings is 2. The second kappa shape index (κ2) is 6.84.